The number of aromatic nitrogens is 1. The molecule has 1 aliphatic rings. The summed E-state index contributed by atoms with van der Waals surface area (Å²) < 4.78 is 24.4. The Morgan fingerprint density at radius 2 is 1.88 bits per heavy atom. The van der Waals surface area contributed by atoms with Gasteiger partial charge in [-0.2, -0.15) is 0 Å². The normalized spacial score (nSPS) is 16.9. The molecule has 1 fully saturated rings. The Kier molecular flexibility index (Phi) is 6.95. The van der Waals surface area contributed by atoms with Crippen LogP contribution >= 0.6 is 0 Å². The summed E-state index contributed by atoms with van der Waals surface area (Å²) in [4.78, 5) is 27.7. The fourth-order valence-corrected chi connectivity index (χ4v) is 4.09. The number of furan rings is 1. The lowest BCUT2D eigenvalue weighted by Crippen LogP contribution is -2.46. The highest BCUT2D eigenvalue weighted by Gasteiger charge is 2.27. The Hall–Kier alpha value is -3.69. The van der Waals surface area contributed by atoms with E-state index in [0.29, 0.717) is 17.6 Å². The number of fused-ring (bicyclic) bond motifs is 1. The van der Waals surface area contributed by atoms with Crippen LogP contribution in [-0.2, 0) is 11.3 Å². The van der Waals surface area contributed by atoms with E-state index in [4.69, 9.17) is 18.7 Å². The molecule has 2 aromatic carbocycles. The van der Waals surface area contributed by atoms with Gasteiger partial charge < -0.3 is 18.8 Å². The van der Waals surface area contributed by atoms with Crippen molar-refractivity contribution in [1.29, 1.82) is 0 Å². The molecule has 0 amide bonds. The van der Waals surface area contributed by atoms with Crippen LogP contribution < -0.4 is 5.76 Å². The number of nitrogens with one attached hydrogen (secondary N) is 1. The van der Waals surface area contributed by atoms with E-state index in [1.54, 1.807) is 6.26 Å². The van der Waals surface area contributed by atoms with Crippen LogP contribution in [0.2, 0.25) is 0 Å². The molecule has 3 heterocycles. The van der Waals surface area contributed by atoms with Crippen LogP contribution in [0.25, 0.3) is 22.2 Å². The summed E-state index contributed by atoms with van der Waals surface area (Å²) in [6, 6.07) is 14.5. The molecule has 2 N–H and O–H groups in total. The van der Waals surface area contributed by atoms with E-state index in [0.717, 1.165) is 49.0 Å². The average molecular weight is 467 g/mol. The van der Waals surface area contributed by atoms with Crippen molar-refractivity contribution in [2.24, 2.45) is 0 Å². The maximum absolute atomic E-state index is 13.4. The highest BCUT2D eigenvalue weighted by molar-refractivity contribution is 5.79. The zero-order chi connectivity index (χ0) is 24.2. The van der Waals surface area contributed by atoms with Crippen molar-refractivity contribution in [2.75, 3.05) is 26.7 Å². The summed E-state index contributed by atoms with van der Waals surface area (Å²) >= 11 is 0. The van der Waals surface area contributed by atoms with Crippen LogP contribution in [0.4, 0.5) is 4.39 Å². The molecule has 0 saturated carbocycles. The lowest BCUT2D eigenvalue weighted by Gasteiger charge is -2.40. The minimum absolute atomic E-state index is 0.170. The Labute approximate surface area is 195 Å². The number of rotatable bonds is 4. The number of carboxylic acids is 1. The lowest BCUT2D eigenvalue weighted by atomic mass is 10.0. The molecule has 178 valence electrons. The molecule has 0 bridgehead atoms. The molecule has 9 heteroatoms. The number of benzene rings is 2. The van der Waals surface area contributed by atoms with Crippen LogP contribution in [0, 0.1) is 5.82 Å². The first-order chi connectivity index (χ1) is 16.3. The largest absolute Gasteiger partial charge is 0.481 e. The molecular formula is C25H26FN3O5. The predicted molar refractivity (Wildman–Crippen MR) is 125 cm³/mol. The first-order valence-corrected chi connectivity index (χ1v) is 10.9. The lowest BCUT2D eigenvalue weighted by molar-refractivity contribution is -0.134. The third-order valence-corrected chi connectivity index (χ3v) is 5.72. The van der Waals surface area contributed by atoms with Crippen LogP contribution in [0.5, 0.6) is 0 Å². The minimum Gasteiger partial charge on any atom is -0.481 e. The van der Waals surface area contributed by atoms with Gasteiger partial charge in [-0.1, -0.05) is 18.2 Å². The fraction of sp³-hybridized carbons (Fsp3) is 0.280. The molecule has 5 rings (SSSR count). The number of nitrogens with zero attached hydrogens (tertiary/aromatic N) is 2. The van der Waals surface area contributed by atoms with Gasteiger partial charge in [-0.3, -0.25) is 14.7 Å². The summed E-state index contributed by atoms with van der Waals surface area (Å²) in [5, 5.41) is 7.42. The van der Waals surface area contributed by atoms with Crippen LogP contribution in [0.3, 0.4) is 0 Å². The maximum Gasteiger partial charge on any atom is 0.417 e. The van der Waals surface area contributed by atoms with Crippen molar-refractivity contribution < 1.29 is 23.1 Å². The second-order valence-corrected chi connectivity index (χ2v) is 8.35. The van der Waals surface area contributed by atoms with E-state index in [2.05, 4.69) is 21.8 Å². The van der Waals surface area contributed by atoms with Crippen molar-refractivity contribution in [1.82, 2.24) is 14.8 Å². The van der Waals surface area contributed by atoms with Gasteiger partial charge >= 0.3 is 5.76 Å². The molecule has 1 saturated heterocycles. The van der Waals surface area contributed by atoms with Gasteiger partial charge in [-0.25, -0.2) is 9.18 Å². The van der Waals surface area contributed by atoms with Crippen molar-refractivity contribution in [3.05, 3.63) is 82.5 Å². The third-order valence-electron chi connectivity index (χ3n) is 5.72. The highest BCUT2D eigenvalue weighted by Crippen LogP contribution is 2.30. The van der Waals surface area contributed by atoms with E-state index in [-0.39, 0.29) is 11.9 Å². The number of carbonyl (C=O) groups is 1. The number of carboxylic acid groups (broad SMARTS) is 1. The average Bonchev–Trinajstić information content (AvgIpc) is 3.40. The van der Waals surface area contributed by atoms with Crippen LogP contribution in [0.15, 0.2) is 68.4 Å². The van der Waals surface area contributed by atoms with E-state index >= 15 is 0 Å². The van der Waals surface area contributed by atoms with Gasteiger partial charge in [0, 0.05) is 38.2 Å². The zero-order valence-electron chi connectivity index (χ0n) is 19.0. The molecule has 34 heavy (non-hydrogen) atoms. The highest BCUT2D eigenvalue weighted by atomic mass is 19.1. The topological polar surface area (TPSA) is 103 Å². The second kappa shape index (κ2) is 10.1. The molecule has 4 aromatic rings. The van der Waals surface area contributed by atoms with Crippen LogP contribution in [0.1, 0.15) is 24.3 Å². The molecule has 0 aliphatic carbocycles. The second-order valence-electron chi connectivity index (χ2n) is 8.35. The molecule has 1 atom stereocenters. The van der Waals surface area contributed by atoms with Gasteiger partial charge in [0.05, 0.1) is 18.3 Å². The van der Waals surface area contributed by atoms with E-state index < -0.39 is 11.7 Å². The van der Waals surface area contributed by atoms with Gasteiger partial charge in [-0.15, -0.1) is 0 Å². The standard InChI is InChI=1S/C23H22FN3O3.C2H4O2/c1-26-8-9-27(21(13-26)15-2-5-18(24)6-3-15)12-19-10-17(14-29-19)16-4-7-20-22(11-16)30-23(28)25-20;1-2(3)4/h2-7,10-11,14,21H,8-9,12-13H2,1H3,(H,25,28);1H3,(H,3,4)/t21-;/m1./s1. The zero-order valence-corrected chi connectivity index (χ0v) is 19.0. The number of halogens is 1. The van der Waals surface area contributed by atoms with Gasteiger partial charge in [0.25, 0.3) is 5.97 Å². The molecular weight excluding hydrogens is 441 g/mol. The van der Waals surface area contributed by atoms with Crippen molar-refractivity contribution in [3.63, 3.8) is 0 Å². The maximum atomic E-state index is 13.4. The van der Waals surface area contributed by atoms with Gasteiger partial charge in [-0.05, 0) is 48.5 Å². The van der Waals surface area contributed by atoms with Gasteiger partial charge in [0.15, 0.2) is 5.58 Å². The van der Waals surface area contributed by atoms with Crippen molar-refractivity contribution in [2.45, 2.75) is 19.5 Å². The summed E-state index contributed by atoms with van der Waals surface area (Å²) in [5.74, 6) is -0.658. The molecule has 0 radical (unpaired) electrons. The number of piperazine rings is 1. The Morgan fingerprint density at radius 3 is 2.62 bits per heavy atom. The first-order valence-electron chi connectivity index (χ1n) is 10.9. The number of hydrogen-bond acceptors (Lipinski definition) is 6. The summed E-state index contributed by atoms with van der Waals surface area (Å²) in [5.41, 5.74) is 4.15. The van der Waals surface area contributed by atoms with E-state index in [9.17, 15) is 9.18 Å². The van der Waals surface area contributed by atoms with Gasteiger partial charge in [0.2, 0.25) is 0 Å². The fourth-order valence-electron chi connectivity index (χ4n) is 4.09. The Bertz CT molecular complexity index is 1320. The van der Waals surface area contributed by atoms with E-state index in [1.807, 2.05) is 36.4 Å². The number of H-pyrrole nitrogens is 1. The summed E-state index contributed by atoms with van der Waals surface area (Å²) in [6.45, 7) is 4.49. The molecule has 0 unspecified atom stereocenters. The number of hydrogen-bond donors (Lipinski definition) is 2. The molecule has 2 aromatic heterocycles. The smallest absolute Gasteiger partial charge is 0.417 e. The number of likely N-dealkylation sites (N-methyl/N-ethyl adjacent to an activating group) is 1. The number of oxazole rings is 1. The van der Waals surface area contributed by atoms with Crippen LogP contribution in [-0.4, -0.2) is 52.5 Å². The number of aromatic amines is 1. The third kappa shape index (κ3) is 5.62. The van der Waals surface area contributed by atoms with Crippen molar-refractivity contribution in [3.8, 4) is 11.1 Å². The van der Waals surface area contributed by atoms with Gasteiger partial charge in [0.1, 0.15) is 11.6 Å². The summed E-state index contributed by atoms with van der Waals surface area (Å²) in [6.07, 6.45) is 1.73. The molecule has 0 spiro atoms. The quantitative estimate of drug-likeness (QED) is 0.466. The first kappa shape index (κ1) is 23.5. The SMILES string of the molecule is CC(=O)O.CN1CCN(Cc2cc(-c3ccc4[nH]c(=O)oc4c3)co2)[C@@H](c2ccc(F)cc2)C1. The van der Waals surface area contributed by atoms with Crippen molar-refractivity contribution >= 4 is 17.1 Å². The Morgan fingerprint density at radius 1 is 1.15 bits per heavy atom. The molecule has 8 nitrogen and oxygen atoms in total. The van der Waals surface area contributed by atoms with E-state index in [1.165, 1.54) is 12.1 Å². The summed E-state index contributed by atoms with van der Waals surface area (Å²) in [7, 11) is 2.11. The predicted octanol–water partition coefficient (Wildman–Crippen LogP) is 4.10. The number of aliphatic carboxylic acids is 1. The molecule has 1 aliphatic heterocycles. The minimum atomic E-state index is -0.833. The monoisotopic (exact) mass is 467 g/mol. The Balaban J connectivity index is 0.000000636.